The van der Waals surface area contributed by atoms with Crippen LogP contribution >= 0.6 is 11.8 Å². The molecule has 100 valence electrons. The van der Waals surface area contributed by atoms with Crippen LogP contribution in [-0.2, 0) is 9.59 Å². The standard InChI is InChI=1S/C12H18N2O3S/c1-3-5-7-18-8-12(6-4-2)9(15)13-11(17)14-10(12)16/h4H,2-3,5-8H2,1H3,(H2,13,14,15,16,17). The topological polar surface area (TPSA) is 75.3 Å². The molecule has 0 unspecified atom stereocenters. The number of barbiturate groups is 1. The van der Waals surface area contributed by atoms with E-state index >= 15 is 0 Å². The van der Waals surface area contributed by atoms with Crippen molar-refractivity contribution < 1.29 is 14.4 Å². The minimum absolute atomic E-state index is 0.233. The Morgan fingerprint density at radius 1 is 1.28 bits per heavy atom. The Kier molecular flexibility index (Phi) is 5.40. The second kappa shape index (κ2) is 6.58. The van der Waals surface area contributed by atoms with Crippen LogP contribution in [0.1, 0.15) is 26.2 Å². The molecule has 5 nitrogen and oxygen atoms in total. The van der Waals surface area contributed by atoms with Crippen molar-refractivity contribution in [1.29, 1.82) is 0 Å². The zero-order valence-electron chi connectivity index (χ0n) is 10.5. The van der Waals surface area contributed by atoms with Gasteiger partial charge in [0, 0.05) is 5.75 Å². The normalized spacial score (nSPS) is 18.2. The van der Waals surface area contributed by atoms with Crippen LogP contribution < -0.4 is 10.6 Å². The Hall–Kier alpha value is -1.30. The summed E-state index contributed by atoms with van der Waals surface area (Å²) in [5.41, 5.74) is -1.20. The van der Waals surface area contributed by atoms with Crippen LogP contribution in [0.25, 0.3) is 0 Å². The van der Waals surface area contributed by atoms with Crippen molar-refractivity contribution in [2.45, 2.75) is 26.2 Å². The number of nitrogens with one attached hydrogen (secondary N) is 2. The Balaban J connectivity index is 2.77. The summed E-state index contributed by atoms with van der Waals surface area (Å²) in [4.78, 5) is 34.9. The fourth-order valence-corrected chi connectivity index (χ4v) is 3.06. The van der Waals surface area contributed by atoms with Crippen molar-refractivity contribution >= 4 is 29.6 Å². The Morgan fingerprint density at radius 2 is 1.89 bits per heavy atom. The van der Waals surface area contributed by atoms with E-state index in [1.165, 1.54) is 6.08 Å². The first-order valence-corrected chi connectivity index (χ1v) is 7.08. The number of hydrogen-bond donors (Lipinski definition) is 2. The average Bonchev–Trinajstić information content (AvgIpc) is 2.31. The molecule has 1 aliphatic heterocycles. The van der Waals surface area contributed by atoms with Crippen LogP contribution in [0.4, 0.5) is 4.79 Å². The van der Waals surface area contributed by atoms with Gasteiger partial charge in [0.05, 0.1) is 0 Å². The summed E-state index contributed by atoms with van der Waals surface area (Å²) in [6, 6.07) is -0.747. The van der Waals surface area contributed by atoms with Gasteiger partial charge in [-0.25, -0.2) is 4.79 Å². The Morgan fingerprint density at radius 3 is 2.39 bits per heavy atom. The number of imide groups is 2. The van der Waals surface area contributed by atoms with Gasteiger partial charge in [0.2, 0.25) is 11.8 Å². The van der Waals surface area contributed by atoms with E-state index in [-0.39, 0.29) is 6.42 Å². The largest absolute Gasteiger partial charge is 0.328 e. The number of amides is 4. The first-order valence-electron chi connectivity index (χ1n) is 5.92. The van der Waals surface area contributed by atoms with Crippen molar-refractivity contribution in [3.05, 3.63) is 12.7 Å². The summed E-state index contributed by atoms with van der Waals surface area (Å²) >= 11 is 1.55. The number of carbonyl (C=O) groups is 3. The summed E-state index contributed by atoms with van der Waals surface area (Å²) in [5.74, 6) is 0.203. The van der Waals surface area contributed by atoms with E-state index < -0.39 is 23.3 Å². The molecule has 6 heteroatoms. The van der Waals surface area contributed by atoms with E-state index in [4.69, 9.17) is 0 Å². The van der Waals surface area contributed by atoms with Crippen molar-refractivity contribution in [3.8, 4) is 0 Å². The van der Waals surface area contributed by atoms with Gasteiger partial charge in [0.25, 0.3) is 0 Å². The molecule has 0 radical (unpaired) electrons. The lowest BCUT2D eigenvalue weighted by molar-refractivity contribution is -0.142. The van der Waals surface area contributed by atoms with E-state index in [1.54, 1.807) is 11.8 Å². The summed E-state index contributed by atoms with van der Waals surface area (Å²) in [6.45, 7) is 5.66. The summed E-state index contributed by atoms with van der Waals surface area (Å²) in [7, 11) is 0. The third-order valence-electron chi connectivity index (χ3n) is 2.81. The van der Waals surface area contributed by atoms with Gasteiger partial charge in [-0.05, 0) is 18.6 Å². The molecule has 1 aliphatic rings. The van der Waals surface area contributed by atoms with Gasteiger partial charge in [0.15, 0.2) is 0 Å². The lowest BCUT2D eigenvalue weighted by atomic mass is 9.83. The van der Waals surface area contributed by atoms with Crippen molar-refractivity contribution in [2.24, 2.45) is 5.41 Å². The second-order valence-electron chi connectivity index (χ2n) is 4.22. The maximum atomic E-state index is 11.9. The average molecular weight is 270 g/mol. The molecule has 1 heterocycles. The molecule has 0 aromatic heterocycles. The van der Waals surface area contributed by atoms with Crippen LogP contribution in [0.3, 0.4) is 0 Å². The predicted octanol–water partition coefficient (Wildman–Crippen LogP) is 1.45. The molecule has 4 amide bonds. The molecule has 1 fully saturated rings. The van der Waals surface area contributed by atoms with Crippen LogP contribution in [0.2, 0.25) is 0 Å². The smallest absolute Gasteiger partial charge is 0.277 e. The minimum atomic E-state index is -1.20. The maximum Gasteiger partial charge on any atom is 0.328 e. The predicted molar refractivity (Wildman–Crippen MR) is 71.2 cm³/mol. The SMILES string of the molecule is C=CCC1(CSCCCC)C(=O)NC(=O)NC1=O. The van der Waals surface area contributed by atoms with E-state index in [0.29, 0.717) is 5.75 Å². The molecule has 0 aromatic carbocycles. The van der Waals surface area contributed by atoms with Gasteiger partial charge in [-0.1, -0.05) is 19.4 Å². The number of unbranched alkanes of at least 4 members (excludes halogenated alkanes) is 1. The fraction of sp³-hybridized carbons (Fsp3) is 0.583. The molecule has 0 spiro atoms. The number of allylic oxidation sites excluding steroid dienone is 1. The van der Waals surface area contributed by atoms with Crippen molar-refractivity contribution in [1.82, 2.24) is 10.6 Å². The highest BCUT2D eigenvalue weighted by atomic mass is 32.2. The van der Waals surface area contributed by atoms with E-state index in [0.717, 1.165) is 18.6 Å². The number of carbonyl (C=O) groups excluding carboxylic acids is 3. The molecule has 1 rings (SSSR count). The first-order chi connectivity index (χ1) is 8.56. The molecule has 2 N–H and O–H groups in total. The Labute approximate surface area is 111 Å². The monoisotopic (exact) mass is 270 g/mol. The zero-order chi connectivity index (χ0) is 13.6. The van der Waals surface area contributed by atoms with Gasteiger partial charge >= 0.3 is 6.03 Å². The molecule has 0 saturated carbocycles. The van der Waals surface area contributed by atoms with E-state index in [1.807, 2.05) is 0 Å². The highest BCUT2D eigenvalue weighted by Gasteiger charge is 2.49. The second-order valence-corrected chi connectivity index (χ2v) is 5.32. The van der Waals surface area contributed by atoms with Crippen molar-refractivity contribution in [2.75, 3.05) is 11.5 Å². The highest BCUT2D eigenvalue weighted by Crippen LogP contribution is 2.30. The Bertz CT molecular complexity index is 348. The van der Waals surface area contributed by atoms with E-state index in [2.05, 4.69) is 24.1 Å². The van der Waals surface area contributed by atoms with Gasteiger partial charge in [0.1, 0.15) is 5.41 Å². The molecule has 18 heavy (non-hydrogen) atoms. The molecule has 1 saturated heterocycles. The van der Waals surface area contributed by atoms with Crippen LogP contribution in [-0.4, -0.2) is 29.4 Å². The highest BCUT2D eigenvalue weighted by molar-refractivity contribution is 7.99. The van der Waals surface area contributed by atoms with Crippen LogP contribution in [0.5, 0.6) is 0 Å². The van der Waals surface area contributed by atoms with Gasteiger partial charge in [-0.3, -0.25) is 20.2 Å². The molecule has 0 aliphatic carbocycles. The molecular weight excluding hydrogens is 252 g/mol. The lowest BCUT2D eigenvalue weighted by Crippen LogP contribution is -2.63. The third-order valence-corrected chi connectivity index (χ3v) is 4.08. The maximum absolute atomic E-state index is 11.9. The van der Waals surface area contributed by atoms with Gasteiger partial charge < -0.3 is 0 Å². The quantitative estimate of drug-likeness (QED) is 0.417. The lowest BCUT2D eigenvalue weighted by Gasteiger charge is -2.32. The molecular formula is C12H18N2O3S. The molecule has 0 aromatic rings. The summed E-state index contributed by atoms with van der Waals surface area (Å²) < 4.78 is 0. The number of urea groups is 1. The summed E-state index contributed by atoms with van der Waals surface area (Å²) in [6.07, 6.45) is 3.88. The number of rotatable bonds is 7. The van der Waals surface area contributed by atoms with Crippen LogP contribution in [0.15, 0.2) is 12.7 Å². The zero-order valence-corrected chi connectivity index (χ0v) is 11.3. The first kappa shape index (κ1) is 14.8. The third kappa shape index (κ3) is 3.13. The molecule has 0 bridgehead atoms. The minimum Gasteiger partial charge on any atom is -0.277 e. The number of hydrogen-bond acceptors (Lipinski definition) is 4. The fourth-order valence-electron chi connectivity index (χ4n) is 1.69. The van der Waals surface area contributed by atoms with Crippen molar-refractivity contribution in [3.63, 3.8) is 0 Å². The van der Waals surface area contributed by atoms with Gasteiger partial charge in [-0.2, -0.15) is 11.8 Å². The van der Waals surface area contributed by atoms with Gasteiger partial charge in [-0.15, -0.1) is 6.58 Å². The van der Waals surface area contributed by atoms with Crippen LogP contribution in [0, 0.1) is 5.41 Å². The summed E-state index contributed by atoms with van der Waals surface area (Å²) in [5, 5.41) is 4.31. The number of thioether (sulfide) groups is 1. The molecule has 0 atom stereocenters. The van der Waals surface area contributed by atoms with E-state index in [9.17, 15) is 14.4 Å².